The molecule has 1 aromatic carbocycles. The van der Waals surface area contributed by atoms with Crippen molar-refractivity contribution < 1.29 is 22.7 Å². The summed E-state index contributed by atoms with van der Waals surface area (Å²) in [6, 6.07) is 4.47. The lowest BCUT2D eigenvalue weighted by molar-refractivity contribution is 0.0988. The van der Waals surface area contributed by atoms with Crippen molar-refractivity contribution in [2.24, 2.45) is 0 Å². The van der Waals surface area contributed by atoms with Crippen LogP contribution in [-0.4, -0.2) is 57.9 Å². The molecule has 2 atom stereocenters. The van der Waals surface area contributed by atoms with Gasteiger partial charge in [0.1, 0.15) is 0 Å². The average Bonchev–Trinajstić information content (AvgIpc) is 2.76. The highest BCUT2D eigenvalue weighted by Crippen LogP contribution is 2.27. The van der Waals surface area contributed by atoms with Gasteiger partial charge < -0.3 is 14.8 Å². The molecular weight excluding hydrogens is 330 g/mol. The highest BCUT2D eigenvalue weighted by Gasteiger charge is 2.36. The molecule has 1 N–H and O–H groups in total. The first-order chi connectivity index (χ1) is 10.4. The van der Waals surface area contributed by atoms with Gasteiger partial charge in [-0.2, -0.15) is 0 Å². The van der Waals surface area contributed by atoms with Crippen LogP contribution in [0.25, 0.3) is 0 Å². The Bertz CT molecular complexity index is 661. The quantitative estimate of drug-likeness (QED) is 0.607. The summed E-state index contributed by atoms with van der Waals surface area (Å²) in [7, 11) is -0.111. The van der Waals surface area contributed by atoms with Crippen LogP contribution in [-0.2, 0) is 9.84 Å². The summed E-state index contributed by atoms with van der Waals surface area (Å²) in [4.78, 5) is 12.2. The number of carbonyl (C=O) groups excluding carboxylic acids is 1. The molecule has 0 spiro atoms. The Morgan fingerprint density at radius 3 is 2.50 bits per heavy atom. The number of sulfone groups is 1. The first kappa shape index (κ1) is 17.1. The maximum absolute atomic E-state index is 12.2. The molecule has 0 aliphatic carbocycles. The number of rotatable bonds is 6. The zero-order chi connectivity index (χ0) is 16.3. The van der Waals surface area contributed by atoms with Gasteiger partial charge in [0.25, 0.3) is 0 Å². The molecule has 1 saturated heterocycles. The molecule has 22 heavy (non-hydrogen) atoms. The van der Waals surface area contributed by atoms with Crippen molar-refractivity contribution >= 4 is 27.2 Å². The van der Waals surface area contributed by atoms with Crippen molar-refractivity contribution in [1.82, 2.24) is 5.32 Å². The second-order valence-electron chi connectivity index (χ2n) is 5.07. The molecule has 1 aromatic rings. The fraction of sp³-hybridized carbons (Fsp3) is 0.500. The average molecular weight is 348 g/mol. The third-order valence-corrected chi connectivity index (χ3v) is 5.89. The normalized spacial score (nSPS) is 23.2. The van der Waals surface area contributed by atoms with Gasteiger partial charge in [0, 0.05) is 11.6 Å². The van der Waals surface area contributed by atoms with Gasteiger partial charge in [-0.05, 0) is 18.2 Å². The molecule has 0 radical (unpaired) electrons. The predicted molar refractivity (Wildman–Crippen MR) is 84.0 cm³/mol. The zero-order valence-electron chi connectivity index (χ0n) is 12.3. The summed E-state index contributed by atoms with van der Waals surface area (Å²) < 4.78 is 33.2. The highest BCUT2D eigenvalue weighted by molar-refractivity contribution is 7.91. The van der Waals surface area contributed by atoms with E-state index in [-0.39, 0.29) is 23.8 Å². The monoisotopic (exact) mass is 347 g/mol. The van der Waals surface area contributed by atoms with E-state index >= 15 is 0 Å². The maximum atomic E-state index is 12.2. The van der Waals surface area contributed by atoms with E-state index in [0.29, 0.717) is 17.1 Å². The van der Waals surface area contributed by atoms with Gasteiger partial charge in [0.15, 0.2) is 27.1 Å². The Balaban J connectivity index is 2.01. The van der Waals surface area contributed by atoms with Crippen LogP contribution in [0.4, 0.5) is 0 Å². The molecular formula is C14H18ClNO5S. The summed E-state index contributed by atoms with van der Waals surface area (Å²) in [6.07, 6.45) is 0. The number of Topliss-reactive ketones (excluding diaryl/α,β-unsaturated/α-hetero) is 1. The van der Waals surface area contributed by atoms with Gasteiger partial charge in [0.2, 0.25) is 0 Å². The van der Waals surface area contributed by atoms with Crippen LogP contribution in [0.2, 0.25) is 0 Å². The summed E-state index contributed by atoms with van der Waals surface area (Å²) in [6.45, 7) is 0.0128. The predicted octanol–water partition coefficient (Wildman–Crippen LogP) is 0.881. The Morgan fingerprint density at radius 2 is 1.95 bits per heavy atom. The van der Waals surface area contributed by atoms with Crippen LogP contribution in [0.5, 0.6) is 11.5 Å². The first-order valence-corrected chi connectivity index (χ1v) is 8.95. The molecule has 1 heterocycles. The topological polar surface area (TPSA) is 81.7 Å². The fourth-order valence-electron chi connectivity index (χ4n) is 2.33. The van der Waals surface area contributed by atoms with Crippen LogP contribution < -0.4 is 14.8 Å². The SMILES string of the molecule is COc1ccc(C(=O)CN[C@H]2CS(=O)(=O)C[C@@H]2Cl)cc1OC. The van der Waals surface area contributed by atoms with E-state index in [2.05, 4.69) is 5.32 Å². The molecule has 8 heteroatoms. The number of ketones is 1. The minimum Gasteiger partial charge on any atom is -0.493 e. The number of alkyl halides is 1. The molecule has 1 fully saturated rings. The lowest BCUT2D eigenvalue weighted by Crippen LogP contribution is -2.39. The highest BCUT2D eigenvalue weighted by atomic mass is 35.5. The van der Waals surface area contributed by atoms with Crippen LogP contribution in [0.1, 0.15) is 10.4 Å². The Morgan fingerprint density at radius 1 is 1.27 bits per heavy atom. The van der Waals surface area contributed by atoms with E-state index in [1.807, 2.05) is 0 Å². The fourth-order valence-corrected chi connectivity index (χ4v) is 4.94. The summed E-state index contributed by atoms with van der Waals surface area (Å²) in [5, 5.41) is 2.41. The third kappa shape index (κ3) is 3.91. The Hall–Kier alpha value is -1.31. The van der Waals surface area contributed by atoms with Crippen molar-refractivity contribution in [3.05, 3.63) is 23.8 Å². The zero-order valence-corrected chi connectivity index (χ0v) is 13.9. The molecule has 0 aromatic heterocycles. The molecule has 1 aliphatic heterocycles. The van der Waals surface area contributed by atoms with Crippen molar-refractivity contribution in [3.63, 3.8) is 0 Å². The number of methoxy groups -OCH3 is 2. The van der Waals surface area contributed by atoms with Crippen molar-refractivity contribution in [1.29, 1.82) is 0 Å². The Labute approximate surface area is 134 Å². The number of carbonyl (C=O) groups is 1. The van der Waals surface area contributed by atoms with E-state index in [4.69, 9.17) is 21.1 Å². The molecule has 2 rings (SSSR count). The number of benzene rings is 1. The van der Waals surface area contributed by atoms with Gasteiger partial charge >= 0.3 is 0 Å². The van der Waals surface area contributed by atoms with Crippen LogP contribution in [0, 0.1) is 0 Å². The van der Waals surface area contributed by atoms with Crippen molar-refractivity contribution in [2.75, 3.05) is 32.3 Å². The first-order valence-electron chi connectivity index (χ1n) is 6.69. The summed E-state index contributed by atoms with van der Waals surface area (Å²) >= 11 is 5.99. The molecule has 0 saturated carbocycles. The minimum atomic E-state index is -3.12. The van der Waals surface area contributed by atoms with Gasteiger partial charge in [-0.15, -0.1) is 11.6 Å². The Kier molecular flexibility index (Phi) is 5.31. The van der Waals surface area contributed by atoms with E-state index < -0.39 is 21.3 Å². The van der Waals surface area contributed by atoms with Crippen LogP contribution >= 0.6 is 11.6 Å². The minimum absolute atomic E-state index is 0.0128. The third-order valence-electron chi connectivity index (χ3n) is 3.51. The number of hydrogen-bond acceptors (Lipinski definition) is 6. The maximum Gasteiger partial charge on any atom is 0.176 e. The largest absolute Gasteiger partial charge is 0.493 e. The molecule has 122 valence electrons. The summed E-state index contributed by atoms with van der Waals surface area (Å²) in [5.74, 6) is 0.729. The smallest absolute Gasteiger partial charge is 0.176 e. The second-order valence-corrected chi connectivity index (χ2v) is 7.79. The number of ether oxygens (including phenoxy) is 2. The second kappa shape index (κ2) is 6.85. The number of hydrogen-bond donors (Lipinski definition) is 1. The standard InChI is InChI=1S/C14H18ClNO5S/c1-20-13-4-3-9(5-14(13)21-2)12(17)6-16-11-8-22(18,19)7-10(11)15/h3-5,10-11,16H,6-8H2,1-2H3/t10-,11-/m0/s1. The summed E-state index contributed by atoms with van der Waals surface area (Å²) in [5.41, 5.74) is 0.456. The van der Waals surface area contributed by atoms with Gasteiger partial charge in [-0.1, -0.05) is 0 Å². The molecule has 0 unspecified atom stereocenters. The van der Waals surface area contributed by atoms with Crippen LogP contribution in [0.15, 0.2) is 18.2 Å². The van der Waals surface area contributed by atoms with Crippen molar-refractivity contribution in [2.45, 2.75) is 11.4 Å². The van der Waals surface area contributed by atoms with Gasteiger partial charge in [-0.25, -0.2) is 8.42 Å². The van der Waals surface area contributed by atoms with E-state index in [9.17, 15) is 13.2 Å². The van der Waals surface area contributed by atoms with E-state index in [0.717, 1.165) is 0 Å². The number of nitrogens with one attached hydrogen (secondary N) is 1. The lowest BCUT2D eigenvalue weighted by atomic mass is 10.1. The molecule has 0 bridgehead atoms. The van der Waals surface area contributed by atoms with E-state index in [1.54, 1.807) is 18.2 Å². The van der Waals surface area contributed by atoms with Crippen molar-refractivity contribution in [3.8, 4) is 11.5 Å². The number of halogens is 1. The van der Waals surface area contributed by atoms with Gasteiger partial charge in [0.05, 0.1) is 37.6 Å². The lowest BCUT2D eigenvalue weighted by Gasteiger charge is -2.14. The van der Waals surface area contributed by atoms with Crippen LogP contribution in [0.3, 0.4) is 0 Å². The molecule has 1 aliphatic rings. The molecule has 0 amide bonds. The van der Waals surface area contributed by atoms with Gasteiger partial charge in [-0.3, -0.25) is 4.79 Å². The van der Waals surface area contributed by atoms with E-state index in [1.165, 1.54) is 14.2 Å². The molecule has 6 nitrogen and oxygen atoms in total.